The standard InChI is InChI=1S/C16H15NO2/c1-11-6-12(4-5-13(11)10-17)14-7-15(18-2)9-16(8-14)19-3/h4-9H,1-3H3. The lowest BCUT2D eigenvalue weighted by molar-refractivity contribution is 0.394. The fourth-order valence-corrected chi connectivity index (χ4v) is 1.94. The monoisotopic (exact) mass is 253 g/mol. The van der Waals surface area contributed by atoms with Crippen LogP contribution in [-0.2, 0) is 0 Å². The van der Waals surface area contributed by atoms with Crippen molar-refractivity contribution in [1.82, 2.24) is 0 Å². The number of benzene rings is 2. The molecule has 0 heterocycles. The van der Waals surface area contributed by atoms with Crippen molar-refractivity contribution in [2.45, 2.75) is 6.92 Å². The molecule has 0 fully saturated rings. The second-order valence-electron chi connectivity index (χ2n) is 4.24. The number of hydrogen-bond donors (Lipinski definition) is 0. The smallest absolute Gasteiger partial charge is 0.123 e. The zero-order valence-corrected chi connectivity index (χ0v) is 11.2. The van der Waals surface area contributed by atoms with Crippen molar-refractivity contribution in [3.8, 4) is 28.7 Å². The highest BCUT2D eigenvalue weighted by atomic mass is 16.5. The number of methoxy groups -OCH3 is 2. The summed E-state index contributed by atoms with van der Waals surface area (Å²) in [5.41, 5.74) is 3.69. The first-order valence-electron chi connectivity index (χ1n) is 5.92. The van der Waals surface area contributed by atoms with E-state index in [1.54, 1.807) is 14.2 Å². The van der Waals surface area contributed by atoms with Crippen LogP contribution in [0.3, 0.4) is 0 Å². The van der Waals surface area contributed by atoms with Gasteiger partial charge in [0.15, 0.2) is 0 Å². The molecule has 0 aliphatic carbocycles. The summed E-state index contributed by atoms with van der Waals surface area (Å²) < 4.78 is 10.5. The molecule has 0 saturated heterocycles. The van der Waals surface area contributed by atoms with E-state index >= 15 is 0 Å². The Labute approximate surface area is 113 Å². The van der Waals surface area contributed by atoms with Gasteiger partial charge in [-0.2, -0.15) is 5.26 Å². The minimum absolute atomic E-state index is 0.693. The maximum absolute atomic E-state index is 8.95. The van der Waals surface area contributed by atoms with Crippen molar-refractivity contribution in [1.29, 1.82) is 5.26 Å². The van der Waals surface area contributed by atoms with Crippen LogP contribution in [0.4, 0.5) is 0 Å². The number of nitriles is 1. The first-order valence-corrected chi connectivity index (χ1v) is 5.92. The summed E-state index contributed by atoms with van der Waals surface area (Å²) in [6, 6.07) is 13.7. The van der Waals surface area contributed by atoms with E-state index in [0.29, 0.717) is 5.56 Å². The van der Waals surface area contributed by atoms with Crippen molar-refractivity contribution in [2.75, 3.05) is 14.2 Å². The maximum atomic E-state index is 8.95. The molecule has 0 aliphatic rings. The molecule has 19 heavy (non-hydrogen) atoms. The third-order valence-corrected chi connectivity index (χ3v) is 3.03. The van der Waals surface area contributed by atoms with Gasteiger partial charge in [-0.25, -0.2) is 0 Å². The maximum Gasteiger partial charge on any atom is 0.123 e. The molecular formula is C16H15NO2. The average molecular weight is 253 g/mol. The number of hydrogen-bond acceptors (Lipinski definition) is 3. The Kier molecular flexibility index (Phi) is 3.72. The van der Waals surface area contributed by atoms with Gasteiger partial charge in [0.1, 0.15) is 11.5 Å². The van der Waals surface area contributed by atoms with E-state index in [0.717, 1.165) is 28.2 Å². The largest absolute Gasteiger partial charge is 0.497 e. The van der Waals surface area contributed by atoms with Crippen molar-refractivity contribution in [3.63, 3.8) is 0 Å². The van der Waals surface area contributed by atoms with Gasteiger partial charge in [-0.1, -0.05) is 12.1 Å². The van der Waals surface area contributed by atoms with Crippen LogP contribution in [-0.4, -0.2) is 14.2 Å². The van der Waals surface area contributed by atoms with Crippen molar-refractivity contribution in [2.24, 2.45) is 0 Å². The number of aryl methyl sites for hydroxylation is 1. The van der Waals surface area contributed by atoms with Crippen LogP contribution in [0.1, 0.15) is 11.1 Å². The molecule has 0 spiro atoms. The number of nitrogens with zero attached hydrogens (tertiary/aromatic N) is 1. The Bertz CT molecular complexity index is 619. The van der Waals surface area contributed by atoms with E-state index < -0.39 is 0 Å². The molecule has 2 rings (SSSR count). The highest BCUT2D eigenvalue weighted by Gasteiger charge is 2.06. The topological polar surface area (TPSA) is 42.2 Å². The zero-order chi connectivity index (χ0) is 13.8. The summed E-state index contributed by atoms with van der Waals surface area (Å²) in [7, 11) is 3.26. The molecule has 3 nitrogen and oxygen atoms in total. The van der Waals surface area contributed by atoms with Crippen LogP contribution in [0, 0.1) is 18.3 Å². The summed E-state index contributed by atoms with van der Waals surface area (Å²) in [6.07, 6.45) is 0. The lowest BCUT2D eigenvalue weighted by Gasteiger charge is -2.09. The molecule has 0 bridgehead atoms. The average Bonchev–Trinajstić information content (AvgIpc) is 2.46. The second-order valence-corrected chi connectivity index (χ2v) is 4.24. The fraction of sp³-hybridized carbons (Fsp3) is 0.188. The van der Waals surface area contributed by atoms with E-state index in [4.69, 9.17) is 14.7 Å². The Hall–Kier alpha value is -2.47. The Balaban J connectivity index is 2.52. The highest BCUT2D eigenvalue weighted by Crippen LogP contribution is 2.30. The van der Waals surface area contributed by atoms with Gasteiger partial charge in [-0.15, -0.1) is 0 Å². The molecule has 0 amide bonds. The minimum Gasteiger partial charge on any atom is -0.497 e. The Morgan fingerprint density at radius 3 is 2.00 bits per heavy atom. The van der Waals surface area contributed by atoms with E-state index in [9.17, 15) is 0 Å². The molecule has 0 aromatic heterocycles. The van der Waals surface area contributed by atoms with Gasteiger partial charge in [-0.3, -0.25) is 0 Å². The zero-order valence-electron chi connectivity index (χ0n) is 11.2. The predicted molar refractivity (Wildman–Crippen MR) is 74.4 cm³/mol. The van der Waals surface area contributed by atoms with Crippen LogP contribution in [0.5, 0.6) is 11.5 Å². The molecule has 0 saturated carbocycles. The van der Waals surface area contributed by atoms with Crippen molar-refractivity contribution in [3.05, 3.63) is 47.5 Å². The number of rotatable bonds is 3. The molecule has 0 radical (unpaired) electrons. The van der Waals surface area contributed by atoms with E-state index in [-0.39, 0.29) is 0 Å². The summed E-state index contributed by atoms with van der Waals surface area (Å²) in [6.45, 7) is 1.93. The van der Waals surface area contributed by atoms with Crippen LogP contribution in [0.2, 0.25) is 0 Å². The molecule has 2 aromatic rings. The van der Waals surface area contributed by atoms with E-state index in [1.165, 1.54) is 0 Å². The van der Waals surface area contributed by atoms with Crippen molar-refractivity contribution < 1.29 is 9.47 Å². The molecular weight excluding hydrogens is 238 g/mol. The molecule has 0 aliphatic heterocycles. The van der Waals surface area contributed by atoms with E-state index in [1.807, 2.05) is 43.3 Å². The van der Waals surface area contributed by atoms with Gasteiger partial charge in [0.2, 0.25) is 0 Å². The molecule has 0 unspecified atom stereocenters. The second kappa shape index (κ2) is 5.45. The van der Waals surface area contributed by atoms with Crippen LogP contribution in [0.25, 0.3) is 11.1 Å². The van der Waals surface area contributed by atoms with Crippen molar-refractivity contribution >= 4 is 0 Å². The lowest BCUT2D eigenvalue weighted by atomic mass is 10.00. The fourth-order valence-electron chi connectivity index (χ4n) is 1.94. The molecule has 2 aromatic carbocycles. The lowest BCUT2D eigenvalue weighted by Crippen LogP contribution is -1.90. The van der Waals surface area contributed by atoms with Crippen LogP contribution >= 0.6 is 0 Å². The third kappa shape index (κ3) is 2.69. The summed E-state index contributed by atoms with van der Waals surface area (Å²) in [4.78, 5) is 0. The first kappa shape index (κ1) is 13.0. The van der Waals surface area contributed by atoms with Gasteiger partial charge in [0.25, 0.3) is 0 Å². The predicted octanol–water partition coefficient (Wildman–Crippen LogP) is 3.55. The molecule has 0 N–H and O–H groups in total. The summed E-state index contributed by atoms with van der Waals surface area (Å²) in [5.74, 6) is 1.49. The van der Waals surface area contributed by atoms with Gasteiger partial charge in [0.05, 0.1) is 25.9 Å². The third-order valence-electron chi connectivity index (χ3n) is 3.03. The molecule has 96 valence electrons. The number of ether oxygens (including phenoxy) is 2. The Morgan fingerprint density at radius 2 is 1.53 bits per heavy atom. The molecule has 0 atom stereocenters. The van der Waals surface area contributed by atoms with E-state index in [2.05, 4.69) is 6.07 Å². The van der Waals surface area contributed by atoms with Gasteiger partial charge in [-0.05, 0) is 41.8 Å². The van der Waals surface area contributed by atoms with Gasteiger partial charge < -0.3 is 9.47 Å². The first-order chi connectivity index (χ1) is 9.17. The van der Waals surface area contributed by atoms with Gasteiger partial charge in [0, 0.05) is 6.07 Å². The van der Waals surface area contributed by atoms with Crippen LogP contribution in [0.15, 0.2) is 36.4 Å². The Morgan fingerprint density at radius 1 is 0.895 bits per heavy atom. The van der Waals surface area contributed by atoms with Gasteiger partial charge >= 0.3 is 0 Å². The summed E-state index contributed by atoms with van der Waals surface area (Å²) >= 11 is 0. The molecule has 3 heteroatoms. The minimum atomic E-state index is 0.693. The summed E-state index contributed by atoms with van der Waals surface area (Å²) in [5, 5.41) is 8.95. The normalized spacial score (nSPS) is 9.79. The SMILES string of the molecule is COc1cc(OC)cc(-c2ccc(C#N)c(C)c2)c1. The highest BCUT2D eigenvalue weighted by molar-refractivity contribution is 5.69. The quantitative estimate of drug-likeness (QED) is 0.840. The van der Waals surface area contributed by atoms with Crippen LogP contribution < -0.4 is 9.47 Å².